The van der Waals surface area contributed by atoms with Crippen molar-refractivity contribution in [2.24, 2.45) is 0 Å². The third kappa shape index (κ3) is 2.09. The van der Waals surface area contributed by atoms with Crippen molar-refractivity contribution in [3.63, 3.8) is 0 Å². The van der Waals surface area contributed by atoms with E-state index in [1.54, 1.807) is 22.6 Å². The fourth-order valence-corrected chi connectivity index (χ4v) is 1.32. The van der Waals surface area contributed by atoms with Crippen LogP contribution in [0.4, 0.5) is 10.1 Å². The molecule has 0 aliphatic rings. The van der Waals surface area contributed by atoms with E-state index < -0.39 is 11.8 Å². The molecule has 1 rings (SSSR count). The van der Waals surface area contributed by atoms with Crippen LogP contribution in [0.15, 0.2) is 12.1 Å². The van der Waals surface area contributed by atoms with E-state index in [9.17, 15) is 9.18 Å². The highest BCUT2D eigenvalue weighted by Gasteiger charge is 2.12. The molecule has 0 saturated heterocycles. The average Bonchev–Trinajstić information content (AvgIpc) is 2.10. The Kier molecular flexibility index (Phi) is 3.07. The number of halogens is 2. The molecule has 0 heterocycles. The molecule has 5 heteroatoms. The van der Waals surface area contributed by atoms with E-state index in [1.807, 2.05) is 0 Å². The lowest BCUT2D eigenvalue weighted by Crippen LogP contribution is -2.06. The monoisotopic (exact) mass is 295 g/mol. The molecular weight excluding hydrogens is 288 g/mol. The van der Waals surface area contributed by atoms with Gasteiger partial charge in [0, 0.05) is 9.26 Å². The number of nitrogens with two attached hydrogens (primary N) is 1. The topological polar surface area (TPSA) is 52.3 Å². The Morgan fingerprint density at radius 2 is 2.23 bits per heavy atom. The number of rotatable bonds is 1. The minimum absolute atomic E-state index is 0.0877. The maximum absolute atomic E-state index is 12.9. The zero-order valence-electron chi connectivity index (χ0n) is 6.80. The minimum atomic E-state index is -0.560. The van der Waals surface area contributed by atoms with Gasteiger partial charge in [-0.25, -0.2) is 9.18 Å². The van der Waals surface area contributed by atoms with Gasteiger partial charge >= 0.3 is 5.97 Å². The van der Waals surface area contributed by atoms with Gasteiger partial charge in [-0.1, -0.05) is 0 Å². The SMILES string of the molecule is COC(=O)c1cc(I)c(F)cc1N. The Morgan fingerprint density at radius 3 is 2.77 bits per heavy atom. The molecule has 0 fully saturated rings. The van der Waals surface area contributed by atoms with Gasteiger partial charge in [0.15, 0.2) is 0 Å². The van der Waals surface area contributed by atoms with Gasteiger partial charge in [-0.05, 0) is 34.7 Å². The van der Waals surface area contributed by atoms with Gasteiger partial charge in [-0.15, -0.1) is 0 Å². The van der Waals surface area contributed by atoms with Crippen molar-refractivity contribution < 1.29 is 13.9 Å². The summed E-state index contributed by atoms with van der Waals surface area (Å²) in [5, 5.41) is 0. The zero-order valence-corrected chi connectivity index (χ0v) is 8.96. The number of hydrogen-bond donors (Lipinski definition) is 1. The van der Waals surface area contributed by atoms with Crippen LogP contribution in [0.25, 0.3) is 0 Å². The van der Waals surface area contributed by atoms with E-state index in [1.165, 1.54) is 13.2 Å². The number of benzene rings is 1. The summed E-state index contributed by atoms with van der Waals surface area (Å²) < 4.78 is 17.7. The van der Waals surface area contributed by atoms with Crippen molar-refractivity contribution in [3.8, 4) is 0 Å². The quantitative estimate of drug-likeness (QED) is 0.488. The van der Waals surface area contributed by atoms with E-state index in [-0.39, 0.29) is 11.3 Å². The number of hydrogen-bond acceptors (Lipinski definition) is 3. The zero-order chi connectivity index (χ0) is 10.0. The Bertz CT molecular complexity index is 354. The van der Waals surface area contributed by atoms with Crippen molar-refractivity contribution in [1.82, 2.24) is 0 Å². The van der Waals surface area contributed by atoms with E-state index in [0.717, 1.165) is 6.07 Å². The molecule has 2 N–H and O–H groups in total. The third-order valence-electron chi connectivity index (χ3n) is 1.50. The number of anilines is 1. The summed E-state index contributed by atoms with van der Waals surface area (Å²) in [6.45, 7) is 0. The van der Waals surface area contributed by atoms with Crippen LogP contribution in [0, 0.1) is 9.39 Å². The van der Waals surface area contributed by atoms with Gasteiger partial charge in [0.05, 0.1) is 12.7 Å². The maximum Gasteiger partial charge on any atom is 0.339 e. The highest BCUT2D eigenvalue weighted by atomic mass is 127. The molecule has 0 amide bonds. The molecule has 70 valence electrons. The minimum Gasteiger partial charge on any atom is -0.465 e. The van der Waals surface area contributed by atoms with Crippen molar-refractivity contribution in [2.75, 3.05) is 12.8 Å². The van der Waals surface area contributed by atoms with Crippen molar-refractivity contribution in [2.45, 2.75) is 0 Å². The second-order valence-corrected chi connectivity index (χ2v) is 3.51. The molecule has 3 nitrogen and oxygen atoms in total. The van der Waals surface area contributed by atoms with Crippen LogP contribution in [0.2, 0.25) is 0 Å². The maximum atomic E-state index is 12.9. The molecule has 1 aromatic carbocycles. The first-order valence-electron chi connectivity index (χ1n) is 3.39. The molecule has 0 aliphatic carbocycles. The van der Waals surface area contributed by atoms with E-state index >= 15 is 0 Å². The molecule has 0 aromatic heterocycles. The molecule has 0 radical (unpaired) electrons. The van der Waals surface area contributed by atoms with Crippen LogP contribution in [0.1, 0.15) is 10.4 Å². The van der Waals surface area contributed by atoms with Crippen molar-refractivity contribution in [1.29, 1.82) is 0 Å². The van der Waals surface area contributed by atoms with Crippen LogP contribution in [0.3, 0.4) is 0 Å². The normalized spacial score (nSPS) is 9.77. The lowest BCUT2D eigenvalue weighted by molar-refractivity contribution is 0.0602. The van der Waals surface area contributed by atoms with Gasteiger partial charge in [0.25, 0.3) is 0 Å². The molecule has 0 saturated carbocycles. The summed E-state index contributed by atoms with van der Waals surface area (Å²) in [5.74, 6) is -0.999. The molecule has 0 aliphatic heterocycles. The van der Waals surface area contributed by atoms with Gasteiger partial charge in [-0.2, -0.15) is 0 Å². The van der Waals surface area contributed by atoms with E-state index in [4.69, 9.17) is 5.73 Å². The first kappa shape index (κ1) is 10.2. The number of carbonyl (C=O) groups is 1. The molecule has 0 unspecified atom stereocenters. The molecule has 0 spiro atoms. The predicted octanol–water partition coefficient (Wildman–Crippen LogP) is 1.80. The highest BCUT2D eigenvalue weighted by molar-refractivity contribution is 14.1. The van der Waals surface area contributed by atoms with E-state index in [0.29, 0.717) is 3.57 Å². The number of ether oxygens (including phenoxy) is 1. The van der Waals surface area contributed by atoms with Gasteiger partial charge in [0.1, 0.15) is 5.82 Å². The van der Waals surface area contributed by atoms with Gasteiger partial charge in [-0.3, -0.25) is 0 Å². The molecule has 0 atom stereocenters. The summed E-state index contributed by atoms with van der Waals surface area (Å²) in [4.78, 5) is 11.1. The van der Waals surface area contributed by atoms with Gasteiger partial charge in [0.2, 0.25) is 0 Å². The Hall–Kier alpha value is -0.850. The Morgan fingerprint density at radius 1 is 1.62 bits per heavy atom. The second-order valence-electron chi connectivity index (χ2n) is 2.35. The summed E-state index contributed by atoms with van der Waals surface area (Å²) in [6.07, 6.45) is 0. The summed E-state index contributed by atoms with van der Waals surface area (Å²) in [6, 6.07) is 2.46. The van der Waals surface area contributed by atoms with Crippen molar-refractivity contribution in [3.05, 3.63) is 27.1 Å². The fourth-order valence-electron chi connectivity index (χ4n) is 0.849. The van der Waals surface area contributed by atoms with Gasteiger partial charge < -0.3 is 10.5 Å². The van der Waals surface area contributed by atoms with Crippen LogP contribution >= 0.6 is 22.6 Å². The van der Waals surface area contributed by atoms with E-state index in [2.05, 4.69) is 4.74 Å². The fraction of sp³-hybridized carbons (Fsp3) is 0.125. The van der Waals surface area contributed by atoms with Crippen LogP contribution in [0.5, 0.6) is 0 Å². The highest BCUT2D eigenvalue weighted by Crippen LogP contribution is 2.20. The standard InChI is InChI=1S/C8H7FINO2/c1-13-8(12)4-2-6(10)5(9)3-7(4)11/h2-3H,11H2,1H3. The molecule has 1 aromatic rings. The van der Waals surface area contributed by atoms with Crippen LogP contribution < -0.4 is 5.73 Å². The third-order valence-corrected chi connectivity index (χ3v) is 2.32. The smallest absolute Gasteiger partial charge is 0.339 e. The molecule has 13 heavy (non-hydrogen) atoms. The number of methoxy groups -OCH3 is 1. The lowest BCUT2D eigenvalue weighted by atomic mass is 10.2. The number of nitrogen functional groups attached to an aromatic ring is 1. The second kappa shape index (κ2) is 3.91. The summed E-state index contributed by atoms with van der Waals surface area (Å²) in [5.41, 5.74) is 5.70. The largest absolute Gasteiger partial charge is 0.465 e. The molecular formula is C8H7FINO2. The van der Waals surface area contributed by atoms with Crippen LogP contribution in [-0.2, 0) is 4.74 Å². The summed E-state index contributed by atoms with van der Waals surface area (Å²) >= 11 is 1.78. The average molecular weight is 295 g/mol. The predicted molar refractivity (Wildman–Crippen MR) is 54.9 cm³/mol. The number of carbonyl (C=O) groups excluding carboxylic acids is 1. The first-order chi connectivity index (χ1) is 6.06. The Balaban J connectivity index is 3.23. The number of esters is 1. The van der Waals surface area contributed by atoms with Crippen LogP contribution in [-0.4, -0.2) is 13.1 Å². The summed E-state index contributed by atoms with van der Waals surface area (Å²) in [7, 11) is 1.25. The Labute approximate surface area is 88.2 Å². The lowest BCUT2D eigenvalue weighted by Gasteiger charge is -2.04. The van der Waals surface area contributed by atoms with Crippen molar-refractivity contribution >= 4 is 34.2 Å². The molecule has 0 bridgehead atoms. The first-order valence-corrected chi connectivity index (χ1v) is 4.47.